The molecule has 106 valence electrons. The highest BCUT2D eigenvalue weighted by Gasteiger charge is 2.32. The fourth-order valence-corrected chi connectivity index (χ4v) is 2.69. The fourth-order valence-electron chi connectivity index (χ4n) is 2.69. The van der Waals surface area contributed by atoms with Gasteiger partial charge in [-0.05, 0) is 30.9 Å². The third-order valence-corrected chi connectivity index (χ3v) is 3.79. The van der Waals surface area contributed by atoms with Crippen LogP contribution in [0.2, 0.25) is 0 Å². The molecule has 0 bridgehead atoms. The van der Waals surface area contributed by atoms with Crippen molar-refractivity contribution in [2.75, 3.05) is 0 Å². The molecule has 1 aromatic rings. The van der Waals surface area contributed by atoms with E-state index >= 15 is 0 Å². The number of alkyl halides is 3. The third kappa shape index (κ3) is 3.96. The molecule has 1 fully saturated rings. The average molecular weight is 272 g/mol. The Morgan fingerprint density at radius 2 is 1.95 bits per heavy atom. The van der Waals surface area contributed by atoms with Crippen LogP contribution in [0.25, 0.3) is 0 Å². The predicted molar refractivity (Wildman–Crippen MR) is 67.7 cm³/mol. The molecule has 0 spiro atoms. The second kappa shape index (κ2) is 5.16. The van der Waals surface area contributed by atoms with E-state index in [-0.39, 0.29) is 6.42 Å². The molecular formula is C15H19F3O. The summed E-state index contributed by atoms with van der Waals surface area (Å²) in [6, 6.07) is 5.24. The monoisotopic (exact) mass is 272 g/mol. The van der Waals surface area contributed by atoms with Crippen LogP contribution in [0.15, 0.2) is 24.3 Å². The van der Waals surface area contributed by atoms with Gasteiger partial charge in [-0.25, -0.2) is 0 Å². The molecule has 1 aliphatic carbocycles. The van der Waals surface area contributed by atoms with Crippen molar-refractivity contribution in [2.45, 2.75) is 50.8 Å². The number of halogens is 3. The van der Waals surface area contributed by atoms with Gasteiger partial charge in [-0.2, -0.15) is 13.2 Å². The smallest absolute Gasteiger partial charge is 0.390 e. The van der Waals surface area contributed by atoms with Gasteiger partial charge in [-0.1, -0.05) is 37.5 Å². The summed E-state index contributed by atoms with van der Waals surface area (Å²) in [4.78, 5) is 0. The van der Waals surface area contributed by atoms with Crippen LogP contribution in [0.4, 0.5) is 13.2 Å². The van der Waals surface area contributed by atoms with Crippen LogP contribution in [0, 0.1) is 5.92 Å². The van der Waals surface area contributed by atoms with E-state index in [0.29, 0.717) is 17.9 Å². The van der Waals surface area contributed by atoms with E-state index in [4.69, 9.17) is 0 Å². The number of hydrogen-bond donors (Lipinski definition) is 1. The highest BCUT2D eigenvalue weighted by Crippen LogP contribution is 2.35. The third-order valence-electron chi connectivity index (χ3n) is 3.79. The number of aliphatic hydroxyl groups is 1. The summed E-state index contributed by atoms with van der Waals surface area (Å²) in [5.41, 5.74) is -1.03. The van der Waals surface area contributed by atoms with Gasteiger partial charge >= 0.3 is 6.18 Å². The predicted octanol–water partition coefficient (Wildman–Crippen LogP) is 4.19. The zero-order valence-electron chi connectivity index (χ0n) is 11.0. The zero-order valence-corrected chi connectivity index (χ0v) is 11.0. The van der Waals surface area contributed by atoms with Gasteiger partial charge in [0, 0.05) is 6.42 Å². The maximum Gasteiger partial charge on any atom is 0.416 e. The maximum atomic E-state index is 12.6. The molecule has 0 aromatic heterocycles. The van der Waals surface area contributed by atoms with Crippen molar-refractivity contribution < 1.29 is 18.3 Å². The molecule has 1 unspecified atom stereocenters. The van der Waals surface area contributed by atoms with E-state index in [1.165, 1.54) is 12.5 Å². The van der Waals surface area contributed by atoms with Gasteiger partial charge in [-0.15, -0.1) is 0 Å². The average Bonchev–Trinajstić information content (AvgIpc) is 2.22. The minimum absolute atomic E-state index is 0.271. The summed E-state index contributed by atoms with van der Waals surface area (Å²) < 4.78 is 37.8. The first-order valence-electron chi connectivity index (χ1n) is 6.65. The standard InChI is InChI=1S/C15H19F3O/c1-14(19,9-11-4-2-5-11)10-12-6-3-7-13(8-12)15(16,17)18/h3,6-8,11,19H,2,4-5,9-10H2,1H3. The lowest BCUT2D eigenvalue weighted by Gasteiger charge is -2.33. The molecule has 1 N–H and O–H groups in total. The molecule has 1 saturated carbocycles. The summed E-state index contributed by atoms with van der Waals surface area (Å²) in [6.45, 7) is 1.71. The Morgan fingerprint density at radius 3 is 2.47 bits per heavy atom. The molecule has 0 aliphatic heterocycles. The van der Waals surface area contributed by atoms with Gasteiger partial charge in [0.05, 0.1) is 11.2 Å². The van der Waals surface area contributed by atoms with Gasteiger partial charge < -0.3 is 5.11 Å². The quantitative estimate of drug-likeness (QED) is 0.871. The van der Waals surface area contributed by atoms with E-state index in [0.717, 1.165) is 25.0 Å². The van der Waals surface area contributed by atoms with Crippen LogP contribution < -0.4 is 0 Å². The molecule has 2 rings (SSSR count). The van der Waals surface area contributed by atoms with Gasteiger partial charge in [0.2, 0.25) is 0 Å². The van der Waals surface area contributed by atoms with Crippen molar-refractivity contribution in [3.63, 3.8) is 0 Å². The number of rotatable bonds is 4. The van der Waals surface area contributed by atoms with Crippen LogP contribution in [-0.4, -0.2) is 10.7 Å². The van der Waals surface area contributed by atoms with Crippen molar-refractivity contribution in [1.82, 2.24) is 0 Å². The first-order valence-corrected chi connectivity index (χ1v) is 6.65. The maximum absolute atomic E-state index is 12.6. The molecule has 19 heavy (non-hydrogen) atoms. The van der Waals surface area contributed by atoms with E-state index in [1.54, 1.807) is 13.0 Å². The topological polar surface area (TPSA) is 20.2 Å². The SMILES string of the molecule is CC(O)(Cc1cccc(C(F)(F)F)c1)CC1CCC1. The Kier molecular flexibility index (Phi) is 3.90. The summed E-state index contributed by atoms with van der Waals surface area (Å²) in [7, 11) is 0. The molecule has 0 heterocycles. The van der Waals surface area contributed by atoms with Crippen LogP contribution in [0.1, 0.15) is 43.7 Å². The molecule has 1 aliphatic rings. The lowest BCUT2D eigenvalue weighted by atomic mass is 9.76. The first-order chi connectivity index (χ1) is 8.76. The van der Waals surface area contributed by atoms with Crippen molar-refractivity contribution in [3.8, 4) is 0 Å². The zero-order chi connectivity index (χ0) is 14.1. The highest BCUT2D eigenvalue weighted by molar-refractivity contribution is 5.26. The van der Waals surface area contributed by atoms with Gasteiger partial charge in [-0.3, -0.25) is 0 Å². The summed E-state index contributed by atoms with van der Waals surface area (Å²) in [5.74, 6) is 0.529. The molecule has 0 radical (unpaired) electrons. The fraction of sp³-hybridized carbons (Fsp3) is 0.600. The van der Waals surface area contributed by atoms with Crippen LogP contribution in [-0.2, 0) is 12.6 Å². The van der Waals surface area contributed by atoms with Crippen molar-refractivity contribution >= 4 is 0 Å². The highest BCUT2D eigenvalue weighted by atomic mass is 19.4. The van der Waals surface area contributed by atoms with Gasteiger partial charge in [0.1, 0.15) is 0 Å². The summed E-state index contributed by atoms with van der Waals surface area (Å²) in [6.07, 6.45) is 0.0638. The minimum atomic E-state index is -4.32. The summed E-state index contributed by atoms with van der Waals surface area (Å²) >= 11 is 0. The molecule has 0 saturated heterocycles. The van der Waals surface area contributed by atoms with Gasteiger partial charge in [0.25, 0.3) is 0 Å². The lowest BCUT2D eigenvalue weighted by Crippen LogP contribution is -2.32. The minimum Gasteiger partial charge on any atom is -0.390 e. The molecule has 1 aromatic carbocycles. The van der Waals surface area contributed by atoms with Crippen LogP contribution in [0.3, 0.4) is 0 Å². The molecule has 1 atom stereocenters. The second-order valence-corrected chi connectivity index (χ2v) is 5.87. The van der Waals surface area contributed by atoms with E-state index < -0.39 is 17.3 Å². The Morgan fingerprint density at radius 1 is 1.26 bits per heavy atom. The van der Waals surface area contributed by atoms with E-state index in [2.05, 4.69) is 0 Å². The molecular weight excluding hydrogens is 253 g/mol. The van der Waals surface area contributed by atoms with Crippen molar-refractivity contribution in [1.29, 1.82) is 0 Å². The van der Waals surface area contributed by atoms with Crippen LogP contribution >= 0.6 is 0 Å². The summed E-state index contributed by atoms with van der Waals surface area (Å²) in [5, 5.41) is 10.3. The molecule has 1 nitrogen and oxygen atoms in total. The Labute approximate surface area is 111 Å². The molecule has 4 heteroatoms. The van der Waals surface area contributed by atoms with Gasteiger partial charge in [0.15, 0.2) is 0 Å². The Balaban J connectivity index is 2.05. The molecule has 0 amide bonds. The number of benzene rings is 1. The van der Waals surface area contributed by atoms with E-state index in [1.807, 2.05) is 0 Å². The largest absolute Gasteiger partial charge is 0.416 e. The van der Waals surface area contributed by atoms with Crippen LogP contribution in [0.5, 0.6) is 0 Å². The lowest BCUT2D eigenvalue weighted by molar-refractivity contribution is -0.137. The normalized spacial score (nSPS) is 19.8. The van der Waals surface area contributed by atoms with Crippen molar-refractivity contribution in [2.24, 2.45) is 5.92 Å². The number of hydrogen-bond acceptors (Lipinski definition) is 1. The van der Waals surface area contributed by atoms with E-state index in [9.17, 15) is 18.3 Å². The van der Waals surface area contributed by atoms with Crippen molar-refractivity contribution in [3.05, 3.63) is 35.4 Å². The second-order valence-electron chi connectivity index (χ2n) is 5.87. The Hall–Kier alpha value is -1.03. The Bertz CT molecular complexity index is 433. The first kappa shape index (κ1) is 14.4.